The summed E-state index contributed by atoms with van der Waals surface area (Å²) in [6.07, 6.45) is 0. The molecule has 0 bridgehead atoms. The number of carbonyl (C=O) groups is 2. The van der Waals surface area contributed by atoms with Gasteiger partial charge in [0.2, 0.25) is 11.4 Å². The summed E-state index contributed by atoms with van der Waals surface area (Å²) in [6, 6.07) is 19.0. The first kappa shape index (κ1) is 20.6. The molecule has 0 atom stereocenters. The molecule has 5 nitrogen and oxygen atoms in total. The van der Waals surface area contributed by atoms with Gasteiger partial charge in [-0.1, -0.05) is 60.7 Å². The maximum Gasteiger partial charge on any atom is 0.348 e. The Bertz CT molecular complexity index is 967. The minimum Gasteiger partial charge on any atom is -0.455 e. The Balaban J connectivity index is 1.86. The molecule has 0 radical (unpaired) electrons. The fourth-order valence-electron chi connectivity index (χ4n) is 3.64. The Morgan fingerprint density at radius 3 is 1.93 bits per heavy atom. The number of aryl methyl sites for hydroxylation is 1. The smallest absolute Gasteiger partial charge is 0.348 e. The Morgan fingerprint density at radius 2 is 1.48 bits per heavy atom. The van der Waals surface area contributed by atoms with E-state index in [1.807, 2.05) is 25.3 Å². The van der Waals surface area contributed by atoms with E-state index in [1.165, 1.54) is 0 Å². The van der Waals surface area contributed by atoms with Crippen LogP contribution in [0.1, 0.15) is 39.8 Å². The number of rotatable bonds is 7. The van der Waals surface area contributed by atoms with Gasteiger partial charge >= 0.3 is 5.97 Å². The molecule has 3 aromatic rings. The third kappa shape index (κ3) is 3.87. The zero-order valence-electron chi connectivity index (χ0n) is 16.9. The van der Waals surface area contributed by atoms with Gasteiger partial charge in [-0.05, 0) is 38.0 Å². The van der Waals surface area contributed by atoms with Gasteiger partial charge in [-0.2, -0.15) is 0 Å². The van der Waals surface area contributed by atoms with E-state index in [2.05, 4.69) is 0 Å². The third-order valence-corrected chi connectivity index (χ3v) is 5.20. The molecule has 0 saturated heterocycles. The fraction of sp³-hybridized carbons (Fsp3) is 0.250. The second-order valence-electron chi connectivity index (χ2n) is 6.97. The minimum absolute atomic E-state index is 0.297. The monoisotopic (exact) mass is 391 g/mol. The first-order chi connectivity index (χ1) is 13.9. The molecule has 0 aliphatic carbocycles. The standard InChI is InChI=1S/C24H25NO4/c1-4-25-17(2)15-21(18(25)3)22(26)16-29-23(27)24(28,19-11-7-5-8-12-19)20-13-9-6-10-14-20/h5-15,28H,4,16H2,1-3H3. The summed E-state index contributed by atoms with van der Waals surface area (Å²) in [5, 5.41) is 11.4. The van der Waals surface area contributed by atoms with Crippen molar-refractivity contribution in [2.45, 2.75) is 32.9 Å². The van der Waals surface area contributed by atoms with E-state index in [0.29, 0.717) is 16.7 Å². The van der Waals surface area contributed by atoms with Crippen molar-refractivity contribution >= 4 is 11.8 Å². The van der Waals surface area contributed by atoms with Crippen molar-refractivity contribution < 1.29 is 19.4 Å². The lowest BCUT2D eigenvalue weighted by Gasteiger charge is -2.26. The number of carbonyl (C=O) groups excluding carboxylic acids is 2. The number of aromatic nitrogens is 1. The zero-order valence-corrected chi connectivity index (χ0v) is 16.9. The van der Waals surface area contributed by atoms with Gasteiger partial charge in [-0.15, -0.1) is 0 Å². The SMILES string of the molecule is CCn1c(C)cc(C(=O)COC(=O)C(O)(c2ccccc2)c2ccccc2)c1C. The van der Waals surface area contributed by atoms with E-state index in [-0.39, 0.29) is 5.78 Å². The van der Waals surface area contributed by atoms with E-state index in [4.69, 9.17) is 4.74 Å². The molecule has 2 aromatic carbocycles. The maximum atomic E-state index is 13.0. The average molecular weight is 391 g/mol. The molecular weight excluding hydrogens is 366 g/mol. The third-order valence-electron chi connectivity index (χ3n) is 5.20. The van der Waals surface area contributed by atoms with Crippen LogP contribution < -0.4 is 0 Å². The second kappa shape index (κ2) is 8.45. The molecule has 0 amide bonds. The molecule has 1 aromatic heterocycles. The Morgan fingerprint density at radius 1 is 0.966 bits per heavy atom. The van der Waals surface area contributed by atoms with Crippen molar-refractivity contribution in [1.29, 1.82) is 0 Å². The number of hydrogen-bond donors (Lipinski definition) is 1. The number of nitrogens with zero attached hydrogens (tertiary/aromatic N) is 1. The van der Waals surface area contributed by atoms with E-state index < -0.39 is 18.2 Å². The molecule has 0 fully saturated rings. The van der Waals surface area contributed by atoms with Crippen molar-refractivity contribution in [1.82, 2.24) is 4.57 Å². The van der Waals surface area contributed by atoms with Crippen LogP contribution in [0.15, 0.2) is 66.7 Å². The van der Waals surface area contributed by atoms with E-state index in [9.17, 15) is 14.7 Å². The topological polar surface area (TPSA) is 68.5 Å². The largest absolute Gasteiger partial charge is 0.455 e. The fourth-order valence-corrected chi connectivity index (χ4v) is 3.64. The van der Waals surface area contributed by atoms with Gasteiger partial charge in [-0.3, -0.25) is 4.79 Å². The number of Topliss-reactive ketones (excluding diaryl/α,β-unsaturated/α-hetero) is 1. The van der Waals surface area contributed by atoms with Gasteiger partial charge in [0, 0.05) is 23.5 Å². The highest BCUT2D eigenvalue weighted by atomic mass is 16.6. The van der Waals surface area contributed by atoms with Gasteiger partial charge in [0.15, 0.2) is 6.61 Å². The minimum atomic E-state index is -2.00. The first-order valence-corrected chi connectivity index (χ1v) is 9.60. The highest BCUT2D eigenvalue weighted by Gasteiger charge is 2.41. The van der Waals surface area contributed by atoms with Crippen molar-refractivity contribution in [3.05, 3.63) is 94.8 Å². The predicted octanol–water partition coefficient (Wildman–Crippen LogP) is 3.79. The van der Waals surface area contributed by atoms with Gasteiger partial charge in [-0.25, -0.2) is 4.79 Å². The Labute approximate surface area is 170 Å². The van der Waals surface area contributed by atoms with Crippen molar-refractivity contribution in [3.63, 3.8) is 0 Å². The van der Waals surface area contributed by atoms with Crippen LogP contribution in [-0.4, -0.2) is 28.0 Å². The summed E-state index contributed by atoms with van der Waals surface area (Å²) >= 11 is 0. The summed E-state index contributed by atoms with van der Waals surface area (Å²) in [4.78, 5) is 25.7. The van der Waals surface area contributed by atoms with Crippen molar-refractivity contribution in [2.75, 3.05) is 6.61 Å². The molecule has 0 aliphatic heterocycles. The van der Waals surface area contributed by atoms with E-state index in [1.54, 1.807) is 66.7 Å². The van der Waals surface area contributed by atoms with E-state index >= 15 is 0 Å². The van der Waals surface area contributed by atoms with Gasteiger partial charge < -0.3 is 14.4 Å². The average Bonchev–Trinajstić information content (AvgIpc) is 3.05. The molecule has 0 saturated carbocycles. The molecular formula is C24H25NO4. The lowest BCUT2D eigenvalue weighted by molar-refractivity contribution is -0.160. The van der Waals surface area contributed by atoms with Crippen LogP contribution >= 0.6 is 0 Å². The van der Waals surface area contributed by atoms with Crippen molar-refractivity contribution in [2.24, 2.45) is 0 Å². The molecule has 3 rings (SSSR count). The van der Waals surface area contributed by atoms with E-state index in [0.717, 1.165) is 17.9 Å². The van der Waals surface area contributed by atoms with Crippen LogP contribution in [0.2, 0.25) is 0 Å². The van der Waals surface area contributed by atoms with Gasteiger partial charge in [0.1, 0.15) is 0 Å². The molecule has 1 N–H and O–H groups in total. The maximum absolute atomic E-state index is 13.0. The highest BCUT2D eigenvalue weighted by Crippen LogP contribution is 2.31. The molecule has 5 heteroatoms. The van der Waals surface area contributed by atoms with Crippen LogP contribution in [0.4, 0.5) is 0 Å². The highest BCUT2D eigenvalue weighted by molar-refractivity contribution is 6.00. The second-order valence-corrected chi connectivity index (χ2v) is 6.97. The number of ketones is 1. The molecule has 150 valence electrons. The Hall–Kier alpha value is -3.18. The lowest BCUT2D eigenvalue weighted by atomic mass is 9.86. The van der Waals surface area contributed by atoms with Crippen LogP contribution in [0.3, 0.4) is 0 Å². The summed E-state index contributed by atoms with van der Waals surface area (Å²) < 4.78 is 7.35. The number of esters is 1. The first-order valence-electron chi connectivity index (χ1n) is 9.60. The summed E-state index contributed by atoms with van der Waals surface area (Å²) in [7, 11) is 0. The quantitative estimate of drug-likeness (QED) is 0.492. The number of hydrogen-bond acceptors (Lipinski definition) is 4. The molecule has 1 heterocycles. The van der Waals surface area contributed by atoms with Crippen molar-refractivity contribution in [3.8, 4) is 0 Å². The number of ether oxygens (including phenoxy) is 1. The predicted molar refractivity (Wildman–Crippen MR) is 111 cm³/mol. The summed E-state index contributed by atoms with van der Waals surface area (Å²) in [6.45, 7) is 6.13. The number of benzene rings is 2. The Kier molecular flexibility index (Phi) is 5.99. The molecule has 29 heavy (non-hydrogen) atoms. The zero-order chi connectivity index (χ0) is 21.0. The lowest BCUT2D eigenvalue weighted by Crippen LogP contribution is -2.39. The van der Waals surface area contributed by atoms with Gasteiger partial charge in [0.05, 0.1) is 0 Å². The van der Waals surface area contributed by atoms with Crippen LogP contribution in [-0.2, 0) is 21.7 Å². The summed E-state index contributed by atoms with van der Waals surface area (Å²) in [5.74, 6) is -1.18. The normalized spacial score (nSPS) is 11.3. The van der Waals surface area contributed by atoms with Crippen LogP contribution in [0.5, 0.6) is 0 Å². The van der Waals surface area contributed by atoms with Crippen LogP contribution in [0, 0.1) is 13.8 Å². The van der Waals surface area contributed by atoms with Gasteiger partial charge in [0.25, 0.3) is 0 Å². The van der Waals surface area contributed by atoms with Crippen LogP contribution in [0.25, 0.3) is 0 Å². The number of aliphatic hydroxyl groups is 1. The molecule has 0 spiro atoms. The summed E-state index contributed by atoms with van der Waals surface area (Å²) in [5.41, 5.74) is 1.11. The molecule has 0 aliphatic rings. The molecule has 0 unspecified atom stereocenters.